The monoisotopic (exact) mass is 613 g/mol. The molecule has 0 aromatic heterocycles. The summed E-state index contributed by atoms with van der Waals surface area (Å²) in [6, 6.07) is 41.1. The quantitative estimate of drug-likeness (QED) is 0.165. The van der Waals surface area contributed by atoms with E-state index in [-0.39, 0.29) is 17.7 Å². The zero-order valence-electron chi connectivity index (χ0n) is 26.9. The summed E-state index contributed by atoms with van der Waals surface area (Å²) in [6.45, 7) is 3.18. The molecule has 2 saturated heterocycles. The number of aryl methyl sites for hydroxylation is 1. The third kappa shape index (κ3) is 7.59. The first-order chi connectivity index (χ1) is 22.6. The maximum absolute atomic E-state index is 14.5. The molecule has 0 saturated carbocycles. The molecule has 5 heteroatoms. The first-order valence-corrected chi connectivity index (χ1v) is 17.1. The van der Waals surface area contributed by atoms with Crippen LogP contribution in [0.1, 0.15) is 66.7 Å². The van der Waals surface area contributed by atoms with Gasteiger partial charge < -0.3 is 15.1 Å². The van der Waals surface area contributed by atoms with Gasteiger partial charge in [-0.3, -0.25) is 9.59 Å². The van der Waals surface area contributed by atoms with Crippen LogP contribution >= 0.6 is 0 Å². The molecule has 2 fully saturated rings. The summed E-state index contributed by atoms with van der Waals surface area (Å²) in [5.74, 6) is 0.0149. The van der Waals surface area contributed by atoms with E-state index in [2.05, 4.69) is 89.1 Å². The van der Waals surface area contributed by atoms with E-state index in [9.17, 15) is 9.59 Å². The highest BCUT2D eigenvalue weighted by molar-refractivity contribution is 6.00. The van der Waals surface area contributed by atoms with Crippen molar-refractivity contribution in [2.24, 2.45) is 0 Å². The molecule has 4 aromatic rings. The molecular weight excluding hydrogens is 566 g/mol. The van der Waals surface area contributed by atoms with Crippen LogP contribution in [0.3, 0.4) is 0 Å². The van der Waals surface area contributed by atoms with Gasteiger partial charge in [-0.15, -0.1) is 0 Å². The number of nitrogens with zero attached hydrogens (tertiary/aromatic N) is 2. The van der Waals surface area contributed by atoms with E-state index in [0.29, 0.717) is 25.8 Å². The number of hydrogen-bond donors (Lipinski definition) is 1. The number of likely N-dealkylation sites (tertiary alicyclic amines) is 1. The zero-order chi connectivity index (χ0) is 31.6. The van der Waals surface area contributed by atoms with Crippen molar-refractivity contribution in [3.63, 3.8) is 0 Å². The fourth-order valence-electron chi connectivity index (χ4n) is 7.39. The summed E-state index contributed by atoms with van der Waals surface area (Å²) in [6.07, 6.45) is 7.80. The Morgan fingerprint density at radius 1 is 0.652 bits per heavy atom. The van der Waals surface area contributed by atoms with Crippen LogP contribution in [0, 0.1) is 0 Å². The van der Waals surface area contributed by atoms with Crippen LogP contribution in [0.2, 0.25) is 0 Å². The minimum Gasteiger partial charge on any atom is -0.342 e. The van der Waals surface area contributed by atoms with E-state index in [1.54, 1.807) is 0 Å². The van der Waals surface area contributed by atoms with Gasteiger partial charge in [-0.2, -0.15) is 0 Å². The number of amides is 2. The molecule has 2 aliphatic rings. The Morgan fingerprint density at radius 3 is 1.76 bits per heavy atom. The second-order valence-electron chi connectivity index (χ2n) is 13.1. The normalized spacial score (nSPS) is 18.2. The predicted molar refractivity (Wildman–Crippen MR) is 186 cm³/mol. The van der Waals surface area contributed by atoms with Crippen LogP contribution in [0.25, 0.3) is 0 Å². The van der Waals surface area contributed by atoms with E-state index in [1.165, 1.54) is 31.2 Å². The predicted octanol–water partition coefficient (Wildman–Crippen LogP) is 7.03. The summed E-state index contributed by atoms with van der Waals surface area (Å²) in [5.41, 5.74) is 3.96. The van der Waals surface area contributed by atoms with Gasteiger partial charge in [-0.05, 0) is 60.9 Å². The molecule has 46 heavy (non-hydrogen) atoms. The average Bonchev–Trinajstić information content (AvgIpc) is 3.11. The van der Waals surface area contributed by atoms with Crippen molar-refractivity contribution in [2.75, 3.05) is 26.2 Å². The Kier molecular flexibility index (Phi) is 10.6. The molecule has 1 N–H and O–H groups in total. The molecule has 238 valence electrons. The largest absolute Gasteiger partial charge is 0.342 e. The second-order valence-corrected chi connectivity index (χ2v) is 13.1. The molecule has 1 spiro atoms. The molecule has 0 aliphatic carbocycles. The lowest BCUT2D eigenvalue weighted by molar-refractivity contribution is -0.161. The Balaban J connectivity index is 1.16. The molecule has 0 bridgehead atoms. The number of piperidine rings is 1. The average molecular weight is 614 g/mol. The molecule has 2 aliphatic heterocycles. The standard InChI is InChI=1S/C41H47N3O2/c45-39-38(31-34-20-10-4-11-21-34)42-40(46)41(44(39)32-37(35-22-12-5-13-23-35)36-24-14-6-15-25-36)26-29-43(30-27-41)28-16-2-1-7-17-33-18-8-3-9-19-33/h3-6,8-15,18-25,37-38H,1-2,7,16-17,26-32H2,(H,42,46). The summed E-state index contributed by atoms with van der Waals surface area (Å²) in [5, 5.41) is 3.20. The minimum atomic E-state index is -0.835. The van der Waals surface area contributed by atoms with Crippen LogP contribution in [0.15, 0.2) is 121 Å². The topological polar surface area (TPSA) is 52.7 Å². The van der Waals surface area contributed by atoms with Crippen molar-refractivity contribution in [1.29, 1.82) is 0 Å². The van der Waals surface area contributed by atoms with Gasteiger partial charge in [0.05, 0.1) is 0 Å². The van der Waals surface area contributed by atoms with E-state index in [0.717, 1.165) is 42.7 Å². The van der Waals surface area contributed by atoms with Gasteiger partial charge in [0.15, 0.2) is 0 Å². The second kappa shape index (κ2) is 15.4. The number of rotatable bonds is 13. The van der Waals surface area contributed by atoms with Crippen LogP contribution in [0.4, 0.5) is 0 Å². The number of nitrogens with one attached hydrogen (secondary N) is 1. The van der Waals surface area contributed by atoms with Gasteiger partial charge in [-0.1, -0.05) is 134 Å². The van der Waals surface area contributed by atoms with Crippen molar-refractivity contribution < 1.29 is 9.59 Å². The number of hydrogen-bond acceptors (Lipinski definition) is 3. The third-order valence-corrected chi connectivity index (χ3v) is 10.1. The van der Waals surface area contributed by atoms with Crippen LogP contribution in [-0.4, -0.2) is 59.4 Å². The first kappa shape index (κ1) is 31.7. The van der Waals surface area contributed by atoms with Crippen LogP contribution in [0.5, 0.6) is 0 Å². The van der Waals surface area contributed by atoms with Crippen molar-refractivity contribution in [3.8, 4) is 0 Å². The van der Waals surface area contributed by atoms with Crippen molar-refractivity contribution >= 4 is 11.8 Å². The van der Waals surface area contributed by atoms with Gasteiger partial charge in [0.1, 0.15) is 11.6 Å². The van der Waals surface area contributed by atoms with Crippen molar-refractivity contribution in [1.82, 2.24) is 15.1 Å². The number of carbonyl (C=O) groups is 2. The lowest BCUT2D eigenvalue weighted by Gasteiger charge is -2.52. The number of piperazine rings is 1. The number of carbonyl (C=O) groups excluding carboxylic acids is 2. The molecular formula is C41H47N3O2. The van der Waals surface area contributed by atoms with E-state index >= 15 is 0 Å². The van der Waals surface area contributed by atoms with E-state index in [1.807, 2.05) is 47.4 Å². The van der Waals surface area contributed by atoms with Crippen LogP contribution in [-0.2, 0) is 22.4 Å². The van der Waals surface area contributed by atoms with Crippen molar-refractivity contribution in [2.45, 2.75) is 68.9 Å². The maximum atomic E-state index is 14.5. The molecule has 1 unspecified atom stereocenters. The molecule has 4 aromatic carbocycles. The van der Waals surface area contributed by atoms with Gasteiger partial charge in [0.25, 0.3) is 0 Å². The van der Waals surface area contributed by atoms with Crippen molar-refractivity contribution in [3.05, 3.63) is 144 Å². The molecule has 5 nitrogen and oxygen atoms in total. The highest BCUT2D eigenvalue weighted by Gasteiger charge is 2.54. The zero-order valence-corrected chi connectivity index (χ0v) is 26.9. The molecule has 2 heterocycles. The van der Waals surface area contributed by atoms with E-state index < -0.39 is 11.6 Å². The number of benzene rings is 4. The third-order valence-electron chi connectivity index (χ3n) is 10.1. The molecule has 1 atom stereocenters. The lowest BCUT2D eigenvalue weighted by atomic mass is 9.79. The Morgan fingerprint density at radius 2 is 1.17 bits per heavy atom. The SMILES string of the molecule is O=C1C(Cc2ccccc2)NC(=O)C2(CCN(CCCCCCc3ccccc3)CC2)N1CC(c1ccccc1)c1ccccc1. The summed E-state index contributed by atoms with van der Waals surface area (Å²) in [7, 11) is 0. The van der Waals surface area contributed by atoms with E-state index in [4.69, 9.17) is 0 Å². The Labute approximate surface area is 274 Å². The maximum Gasteiger partial charge on any atom is 0.246 e. The Hall–Kier alpha value is -4.22. The molecule has 0 radical (unpaired) electrons. The Bertz CT molecular complexity index is 1480. The fraction of sp³-hybridized carbons (Fsp3) is 0.366. The smallest absolute Gasteiger partial charge is 0.246 e. The van der Waals surface area contributed by atoms with Gasteiger partial charge in [0, 0.05) is 32.0 Å². The van der Waals surface area contributed by atoms with Gasteiger partial charge in [0.2, 0.25) is 11.8 Å². The highest BCUT2D eigenvalue weighted by Crippen LogP contribution is 2.37. The lowest BCUT2D eigenvalue weighted by Crippen LogP contribution is -2.73. The highest BCUT2D eigenvalue weighted by atomic mass is 16.2. The summed E-state index contributed by atoms with van der Waals surface area (Å²) in [4.78, 5) is 33.2. The van der Waals surface area contributed by atoms with Gasteiger partial charge >= 0.3 is 0 Å². The summed E-state index contributed by atoms with van der Waals surface area (Å²) < 4.78 is 0. The minimum absolute atomic E-state index is 0.00784. The van der Waals surface area contributed by atoms with Crippen LogP contribution < -0.4 is 5.32 Å². The summed E-state index contributed by atoms with van der Waals surface area (Å²) >= 11 is 0. The number of unbranched alkanes of at least 4 members (excludes halogenated alkanes) is 3. The molecule has 2 amide bonds. The van der Waals surface area contributed by atoms with Gasteiger partial charge in [-0.25, -0.2) is 0 Å². The first-order valence-electron chi connectivity index (χ1n) is 17.1. The fourth-order valence-corrected chi connectivity index (χ4v) is 7.39. The molecule has 6 rings (SSSR count).